The lowest BCUT2D eigenvalue weighted by Gasteiger charge is -2.54. The Morgan fingerprint density at radius 2 is 2.00 bits per heavy atom. The highest BCUT2D eigenvalue weighted by molar-refractivity contribution is 5.82. The maximum absolute atomic E-state index is 12.1. The molecule has 0 heterocycles. The molecule has 0 aromatic carbocycles. The summed E-state index contributed by atoms with van der Waals surface area (Å²) in [5.74, 6) is 3.58. The average Bonchev–Trinajstić information content (AvgIpc) is 2.27. The Kier molecular flexibility index (Phi) is 2.83. The molecular formula is C16H26O. The van der Waals surface area contributed by atoms with Crippen molar-refractivity contribution in [2.45, 2.75) is 65.2 Å². The van der Waals surface area contributed by atoms with Crippen LogP contribution in [-0.2, 0) is 4.79 Å². The van der Waals surface area contributed by atoms with Gasteiger partial charge in [-0.25, -0.2) is 0 Å². The zero-order valence-corrected chi connectivity index (χ0v) is 11.4. The van der Waals surface area contributed by atoms with Crippen molar-refractivity contribution in [3.63, 3.8) is 0 Å². The van der Waals surface area contributed by atoms with Crippen LogP contribution in [0.5, 0.6) is 0 Å². The van der Waals surface area contributed by atoms with Crippen molar-refractivity contribution < 1.29 is 4.79 Å². The average molecular weight is 234 g/mol. The van der Waals surface area contributed by atoms with Crippen LogP contribution in [0.3, 0.4) is 0 Å². The molecular weight excluding hydrogens is 208 g/mol. The van der Waals surface area contributed by atoms with E-state index in [4.69, 9.17) is 0 Å². The lowest BCUT2D eigenvalue weighted by Crippen LogP contribution is -2.48. The fraction of sp³-hybridized carbons (Fsp3) is 0.938. The lowest BCUT2D eigenvalue weighted by molar-refractivity contribution is -0.135. The molecule has 0 saturated heterocycles. The monoisotopic (exact) mass is 234 g/mol. The van der Waals surface area contributed by atoms with Gasteiger partial charge in [0.05, 0.1) is 0 Å². The van der Waals surface area contributed by atoms with E-state index in [9.17, 15) is 4.79 Å². The fourth-order valence-corrected chi connectivity index (χ4v) is 5.36. The van der Waals surface area contributed by atoms with Crippen LogP contribution in [0.15, 0.2) is 0 Å². The van der Waals surface area contributed by atoms with E-state index in [0.717, 1.165) is 24.2 Å². The quantitative estimate of drug-likeness (QED) is 0.613. The van der Waals surface area contributed by atoms with E-state index in [1.807, 2.05) is 0 Å². The lowest BCUT2D eigenvalue weighted by atomic mass is 9.50. The third-order valence-electron chi connectivity index (χ3n) is 6.11. The van der Waals surface area contributed by atoms with Crippen LogP contribution < -0.4 is 0 Å². The molecule has 0 N–H and O–H groups in total. The second-order valence-corrected chi connectivity index (χ2v) is 7.31. The van der Waals surface area contributed by atoms with E-state index < -0.39 is 0 Å². The highest BCUT2D eigenvalue weighted by atomic mass is 16.1. The highest BCUT2D eigenvalue weighted by Crippen LogP contribution is 2.57. The van der Waals surface area contributed by atoms with E-state index in [0.29, 0.717) is 17.1 Å². The first-order valence-corrected chi connectivity index (χ1v) is 7.63. The molecule has 0 spiro atoms. The molecule has 0 radical (unpaired) electrons. The summed E-state index contributed by atoms with van der Waals surface area (Å²) in [6.45, 7) is 4.93. The van der Waals surface area contributed by atoms with Gasteiger partial charge in [-0.15, -0.1) is 0 Å². The summed E-state index contributed by atoms with van der Waals surface area (Å²) >= 11 is 0. The molecule has 0 bridgehead atoms. The summed E-state index contributed by atoms with van der Waals surface area (Å²) in [5.41, 5.74) is 0.566. The molecule has 0 amide bonds. The van der Waals surface area contributed by atoms with Gasteiger partial charge in [0, 0.05) is 12.3 Å². The fourth-order valence-electron chi connectivity index (χ4n) is 5.36. The second kappa shape index (κ2) is 4.10. The molecule has 1 unspecified atom stereocenters. The molecule has 96 valence electrons. The SMILES string of the molecule is CC1CC[C@@H]2[C@H]3CCCC(=O)[C@@H]3CC[C@@]2(C)C1. The summed E-state index contributed by atoms with van der Waals surface area (Å²) in [6, 6.07) is 0. The van der Waals surface area contributed by atoms with Gasteiger partial charge in [0.1, 0.15) is 5.78 Å². The van der Waals surface area contributed by atoms with Gasteiger partial charge >= 0.3 is 0 Å². The maximum atomic E-state index is 12.1. The molecule has 3 rings (SSSR count). The minimum Gasteiger partial charge on any atom is -0.299 e. The Balaban J connectivity index is 1.84. The van der Waals surface area contributed by atoms with Gasteiger partial charge in [0.15, 0.2) is 0 Å². The number of carbonyl (C=O) groups is 1. The van der Waals surface area contributed by atoms with Crippen LogP contribution in [0.4, 0.5) is 0 Å². The van der Waals surface area contributed by atoms with E-state index >= 15 is 0 Å². The molecule has 0 aromatic rings. The first-order valence-electron chi connectivity index (χ1n) is 7.63. The number of hydrogen-bond donors (Lipinski definition) is 0. The number of fused-ring (bicyclic) bond motifs is 3. The second-order valence-electron chi connectivity index (χ2n) is 7.31. The van der Waals surface area contributed by atoms with Crippen LogP contribution in [-0.4, -0.2) is 5.78 Å². The topological polar surface area (TPSA) is 17.1 Å². The molecule has 1 nitrogen and oxygen atoms in total. The first-order chi connectivity index (χ1) is 8.10. The maximum Gasteiger partial charge on any atom is 0.136 e. The molecule has 0 aromatic heterocycles. The van der Waals surface area contributed by atoms with Gasteiger partial charge in [-0.3, -0.25) is 4.79 Å². The normalized spacial score (nSPS) is 50.6. The van der Waals surface area contributed by atoms with Crippen LogP contribution in [0.2, 0.25) is 0 Å². The zero-order chi connectivity index (χ0) is 12.0. The molecule has 3 aliphatic carbocycles. The minimum atomic E-state index is 0.454. The van der Waals surface area contributed by atoms with Crippen molar-refractivity contribution in [1.29, 1.82) is 0 Å². The molecule has 0 aliphatic heterocycles. The van der Waals surface area contributed by atoms with Crippen molar-refractivity contribution in [2.75, 3.05) is 0 Å². The van der Waals surface area contributed by atoms with E-state index in [-0.39, 0.29) is 0 Å². The van der Waals surface area contributed by atoms with Crippen LogP contribution in [0.1, 0.15) is 65.2 Å². The van der Waals surface area contributed by atoms with Crippen molar-refractivity contribution in [3.05, 3.63) is 0 Å². The number of hydrogen-bond acceptors (Lipinski definition) is 1. The van der Waals surface area contributed by atoms with Crippen LogP contribution >= 0.6 is 0 Å². The zero-order valence-electron chi connectivity index (χ0n) is 11.4. The molecule has 5 atom stereocenters. The van der Waals surface area contributed by atoms with Gasteiger partial charge in [0.2, 0.25) is 0 Å². The van der Waals surface area contributed by atoms with Crippen molar-refractivity contribution in [1.82, 2.24) is 0 Å². The van der Waals surface area contributed by atoms with E-state index in [1.165, 1.54) is 44.9 Å². The molecule has 1 heteroatoms. The summed E-state index contributed by atoms with van der Waals surface area (Å²) in [6.07, 6.45) is 10.1. The summed E-state index contributed by atoms with van der Waals surface area (Å²) in [5, 5.41) is 0. The molecule has 3 fully saturated rings. The summed E-state index contributed by atoms with van der Waals surface area (Å²) in [4.78, 5) is 12.1. The van der Waals surface area contributed by atoms with Crippen LogP contribution in [0, 0.1) is 29.1 Å². The Morgan fingerprint density at radius 1 is 1.18 bits per heavy atom. The predicted octanol–water partition coefficient (Wildman–Crippen LogP) is 4.21. The van der Waals surface area contributed by atoms with Gasteiger partial charge in [-0.2, -0.15) is 0 Å². The summed E-state index contributed by atoms with van der Waals surface area (Å²) < 4.78 is 0. The standard InChI is InChI=1S/C16H26O/c1-11-6-7-14-12-4-3-5-15(17)13(12)8-9-16(14,2)10-11/h11-14H,3-10H2,1-2H3/t11?,12-,13+,14+,16-/m0/s1. The van der Waals surface area contributed by atoms with Gasteiger partial charge in [-0.05, 0) is 61.7 Å². The van der Waals surface area contributed by atoms with Gasteiger partial charge in [0.25, 0.3) is 0 Å². The molecule has 3 aliphatic rings. The molecule has 3 saturated carbocycles. The first kappa shape index (κ1) is 11.7. The Morgan fingerprint density at radius 3 is 2.82 bits per heavy atom. The minimum absolute atomic E-state index is 0.454. The summed E-state index contributed by atoms with van der Waals surface area (Å²) in [7, 11) is 0. The van der Waals surface area contributed by atoms with Crippen LogP contribution in [0.25, 0.3) is 0 Å². The third kappa shape index (κ3) is 1.86. The third-order valence-corrected chi connectivity index (χ3v) is 6.11. The van der Waals surface area contributed by atoms with E-state index in [2.05, 4.69) is 13.8 Å². The smallest absolute Gasteiger partial charge is 0.136 e. The Bertz CT molecular complexity index is 321. The van der Waals surface area contributed by atoms with E-state index in [1.54, 1.807) is 0 Å². The highest BCUT2D eigenvalue weighted by Gasteiger charge is 2.50. The number of Topliss-reactive ketones (excluding diaryl/α,β-unsaturated/α-hetero) is 1. The van der Waals surface area contributed by atoms with Gasteiger partial charge in [-0.1, -0.05) is 20.3 Å². The largest absolute Gasteiger partial charge is 0.299 e. The predicted molar refractivity (Wildman–Crippen MR) is 69.7 cm³/mol. The Hall–Kier alpha value is -0.330. The molecule has 17 heavy (non-hydrogen) atoms. The van der Waals surface area contributed by atoms with Crippen molar-refractivity contribution in [2.24, 2.45) is 29.1 Å². The Labute approximate surface area is 105 Å². The van der Waals surface area contributed by atoms with Crippen molar-refractivity contribution >= 4 is 5.78 Å². The number of carbonyl (C=O) groups excluding carboxylic acids is 1. The number of ketones is 1. The number of rotatable bonds is 0. The van der Waals surface area contributed by atoms with Crippen molar-refractivity contribution in [3.8, 4) is 0 Å². The van der Waals surface area contributed by atoms with Gasteiger partial charge < -0.3 is 0 Å².